The van der Waals surface area contributed by atoms with Crippen molar-refractivity contribution in [2.75, 3.05) is 0 Å². The van der Waals surface area contributed by atoms with Crippen molar-refractivity contribution in [3.8, 4) is 0 Å². The van der Waals surface area contributed by atoms with E-state index in [1.807, 2.05) is 6.07 Å². The number of hydrogen-bond acceptors (Lipinski definition) is 4. The molecule has 1 aromatic carbocycles. The largest absolute Gasteiger partial charge is 0.310 e. The first-order valence-corrected chi connectivity index (χ1v) is 6.52. The Hall–Kier alpha value is -1.40. The second-order valence-corrected chi connectivity index (χ2v) is 5.16. The van der Waals surface area contributed by atoms with Crippen LogP contribution in [0.4, 0.5) is 4.39 Å². The van der Waals surface area contributed by atoms with Crippen LogP contribution in [-0.4, -0.2) is 21.2 Å². The molecule has 0 amide bonds. The summed E-state index contributed by atoms with van der Waals surface area (Å²) in [5, 5.41) is 10.3. The van der Waals surface area contributed by atoms with E-state index in [0.717, 1.165) is 5.56 Å². The fraction of sp³-hybridized carbons (Fsp3) is 0.333. The molecular formula is C12H15FN4S. The van der Waals surface area contributed by atoms with Gasteiger partial charge in [-0.05, 0) is 23.4 Å². The van der Waals surface area contributed by atoms with E-state index in [-0.39, 0.29) is 5.82 Å². The highest BCUT2D eigenvalue weighted by atomic mass is 32.2. The molecule has 6 heteroatoms. The molecule has 0 unspecified atom stereocenters. The van der Waals surface area contributed by atoms with Gasteiger partial charge in [-0.25, -0.2) is 9.37 Å². The van der Waals surface area contributed by atoms with Crippen molar-refractivity contribution in [1.82, 2.24) is 20.5 Å². The minimum Gasteiger partial charge on any atom is -0.310 e. The van der Waals surface area contributed by atoms with Crippen LogP contribution in [0.2, 0.25) is 0 Å². The number of aromatic amines is 1. The van der Waals surface area contributed by atoms with Crippen molar-refractivity contribution in [3.05, 3.63) is 35.9 Å². The molecule has 18 heavy (non-hydrogen) atoms. The van der Waals surface area contributed by atoms with E-state index >= 15 is 0 Å². The van der Waals surface area contributed by atoms with Crippen molar-refractivity contribution in [3.63, 3.8) is 0 Å². The lowest BCUT2D eigenvalue weighted by molar-refractivity contribution is 0.564. The number of rotatable bonds is 5. The van der Waals surface area contributed by atoms with E-state index < -0.39 is 0 Å². The summed E-state index contributed by atoms with van der Waals surface area (Å²) in [5.41, 5.74) is 0.921. The fourth-order valence-corrected chi connectivity index (χ4v) is 2.29. The van der Waals surface area contributed by atoms with Crippen LogP contribution in [0.15, 0.2) is 34.6 Å². The zero-order valence-electron chi connectivity index (χ0n) is 10.3. The monoisotopic (exact) mass is 266 g/mol. The molecule has 0 saturated carbocycles. The summed E-state index contributed by atoms with van der Waals surface area (Å²) >= 11 is 1.26. The molecule has 96 valence electrons. The minimum atomic E-state index is -0.237. The summed E-state index contributed by atoms with van der Waals surface area (Å²) in [6.45, 7) is 4.75. The molecule has 4 nitrogen and oxygen atoms in total. The highest BCUT2D eigenvalue weighted by Gasteiger charge is 2.11. The highest BCUT2D eigenvalue weighted by molar-refractivity contribution is 7.99. The third-order valence-electron chi connectivity index (χ3n) is 2.34. The van der Waals surface area contributed by atoms with Gasteiger partial charge in [0.15, 0.2) is 5.16 Å². The van der Waals surface area contributed by atoms with Crippen LogP contribution >= 0.6 is 11.8 Å². The fourth-order valence-electron chi connectivity index (χ4n) is 1.46. The molecule has 0 aliphatic carbocycles. The number of hydrogen-bond donors (Lipinski definition) is 2. The first kappa shape index (κ1) is 13.0. The first-order chi connectivity index (χ1) is 8.66. The molecule has 0 spiro atoms. The van der Waals surface area contributed by atoms with Gasteiger partial charge in [-0.3, -0.25) is 5.10 Å². The van der Waals surface area contributed by atoms with Crippen LogP contribution in [0.25, 0.3) is 0 Å². The summed E-state index contributed by atoms with van der Waals surface area (Å²) in [6.07, 6.45) is 1.41. The molecule has 0 aliphatic heterocycles. The molecule has 0 radical (unpaired) electrons. The number of nitrogens with one attached hydrogen (secondary N) is 2. The van der Waals surface area contributed by atoms with Gasteiger partial charge in [0.1, 0.15) is 12.1 Å². The summed E-state index contributed by atoms with van der Waals surface area (Å²) < 4.78 is 13.9. The number of benzene rings is 1. The lowest BCUT2D eigenvalue weighted by atomic mass is 10.2. The van der Waals surface area contributed by atoms with Crippen molar-refractivity contribution < 1.29 is 4.39 Å². The van der Waals surface area contributed by atoms with Crippen LogP contribution in [0.1, 0.15) is 19.4 Å². The Morgan fingerprint density at radius 3 is 2.94 bits per heavy atom. The lowest BCUT2D eigenvalue weighted by Gasteiger charge is -2.12. The van der Waals surface area contributed by atoms with Crippen LogP contribution in [0, 0.1) is 5.82 Å². The van der Waals surface area contributed by atoms with Crippen molar-refractivity contribution >= 4 is 11.8 Å². The quantitative estimate of drug-likeness (QED) is 0.873. The van der Waals surface area contributed by atoms with Crippen LogP contribution < -0.4 is 5.32 Å². The van der Waals surface area contributed by atoms with Gasteiger partial charge in [0.05, 0.1) is 4.90 Å². The first-order valence-electron chi connectivity index (χ1n) is 5.71. The third-order valence-corrected chi connectivity index (χ3v) is 3.39. The standard InChI is InChI=1S/C12H15FN4S/c1-8(2)14-6-9-4-3-5-10(13)11(9)18-12-15-7-16-17-12/h3-5,7-8,14H,6H2,1-2H3,(H,15,16,17). The van der Waals surface area contributed by atoms with Crippen LogP contribution in [0.3, 0.4) is 0 Å². The Morgan fingerprint density at radius 1 is 1.44 bits per heavy atom. The van der Waals surface area contributed by atoms with E-state index in [9.17, 15) is 4.39 Å². The Labute approximate surface area is 109 Å². The van der Waals surface area contributed by atoms with Gasteiger partial charge in [0.25, 0.3) is 0 Å². The second-order valence-electron chi connectivity index (χ2n) is 4.16. The van der Waals surface area contributed by atoms with Crippen molar-refractivity contribution in [2.24, 2.45) is 0 Å². The molecule has 1 heterocycles. The zero-order chi connectivity index (χ0) is 13.0. The molecule has 0 atom stereocenters. The molecule has 2 N–H and O–H groups in total. The predicted molar refractivity (Wildman–Crippen MR) is 68.9 cm³/mol. The van der Waals surface area contributed by atoms with Gasteiger partial charge in [-0.2, -0.15) is 5.10 Å². The van der Waals surface area contributed by atoms with Crippen LogP contribution in [0.5, 0.6) is 0 Å². The summed E-state index contributed by atoms with van der Waals surface area (Å²) in [6, 6.07) is 5.45. The van der Waals surface area contributed by atoms with Gasteiger partial charge >= 0.3 is 0 Å². The SMILES string of the molecule is CC(C)NCc1cccc(F)c1Sc1ncn[nH]1. The predicted octanol–water partition coefficient (Wildman–Crippen LogP) is 2.59. The summed E-state index contributed by atoms with van der Waals surface area (Å²) in [4.78, 5) is 4.58. The van der Waals surface area contributed by atoms with Gasteiger partial charge in [0, 0.05) is 12.6 Å². The van der Waals surface area contributed by atoms with Gasteiger partial charge in [-0.1, -0.05) is 26.0 Å². The average Bonchev–Trinajstić information content (AvgIpc) is 2.82. The number of nitrogens with zero attached hydrogens (tertiary/aromatic N) is 2. The molecular weight excluding hydrogens is 251 g/mol. The summed E-state index contributed by atoms with van der Waals surface area (Å²) in [5.74, 6) is -0.237. The molecule has 2 rings (SSSR count). The molecule has 0 fully saturated rings. The molecule has 1 aromatic heterocycles. The maximum atomic E-state index is 13.9. The molecule has 0 saturated heterocycles. The maximum Gasteiger partial charge on any atom is 0.188 e. The number of halogens is 1. The lowest BCUT2D eigenvalue weighted by Crippen LogP contribution is -2.22. The molecule has 0 aliphatic rings. The second kappa shape index (κ2) is 5.97. The van der Waals surface area contributed by atoms with Crippen molar-refractivity contribution in [2.45, 2.75) is 36.5 Å². The Morgan fingerprint density at radius 2 is 2.28 bits per heavy atom. The molecule has 2 aromatic rings. The topological polar surface area (TPSA) is 53.6 Å². The minimum absolute atomic E-state index is 0.237. The number of aromatic nitrogens is 3. The van der Waals surface area contributed by atoms with Gasteiger partial charge in [-0.15, -0.1) is 0 Å². The highest BCUT2D eigenvalue weighted by Crippen LogP contribution is 2.30. The Bertz CT molecular complexity index is 499. The van der Waals surface area contributed by atoms with Crippen molar-refractivity contribution in [1.29, 1.82) is 0 Å². The average molecular weight is 266 g/mol. The summed E-state index contributed by atoms with van der Waals surface area (Å²) in [7, 11) is 0. The normalized spacial score (nSPS) is 11.1. The van der Waals surface area contributed by atoms with E-state index in [4.69, 9.17) is 0 Å². The Balaban J connectivity index is 2.21. The maximum absolute atomic E-state index is 13.9. The zero-order valence-corrected chi connectivity index (χ0v) is 11.1. The van der Waals surface area contributed by atoms with E-state index in [1.54, 1.807) is 6.07 Å². The van der Waals surface area contributed by atoms with Gasteiger partial charge in [0.2, 0.25) is 0 Å². The van der Waals surface area contributed by atoms with E-state index in [1.165, 1.54) is 24.2 Å². The van der Waals surface area contributed by atoms with Crippen LogP contribution in [-0.2, 0) is 6.54 Å². The smallest absolute Gasteiger partial charge is 0.188 e. The van der Waals surface area contributed by atoms with E-state index in [2.05, 4.69) is 34.3 Å². The Kier molecular flexibility index (Phi) is 4.33. The number of H-pyrrole nitrogens is 1. The molecule has 0 bridgehead atoms. The van der Waals surface area contributed by atoms with E-state index in [0.29, 0.717) is 22.6 Å². The third kappa shape index (κ3) is 3.30. The van der Waals surface area contributed by atoms with Gasteiger partial charge < -0.3 is 5.32 Å².